The first-order chi connectivity index (χ1) is 12.2. The zero-order valence-corrected chi connectivity index (χ0v) is 17.6. The molecule has 1 saturated heterocycles. The van der Waals surface area contributed by atoms with Crippen LogP contribution in [0.1, 0.15) is 37.7 Å². The highest BCUT2D eigenvalue weighted by molar-refractivity contribution is 5.85. The number of fused-ring (bicyclic) bond motifs is 1. The van der Waals surface area contributed by atoms with Crippen LogP contribution in [-0.2, 0) is 11.2 Å². The van der Waals surface area contributed by atoms with Gasteiger partial charge in [-0.15, -0.1) is 24.8 Å². The number of piperidine rings is 1. The molecule has 0 radical (unpaired) electrons. The topological polar surface area (TPSA) is 67.6 Å². The van der Waals surface area contributed by atoms with Crippen molar-refractivity contribution in [2.24, 2.45) is 11.1 Å². The van der Waals surface area contributed by atoms with E-state index in [1.165, 1.54) is 5.56 Å². The highest BCUT2D eigenvalue weighted by Gasteiger charge is 2.40. The van der Waals surface area contributed by atoms with Crippen LogP contribution in [0.3, 0.4) is 0 Å². The maximum atomic E-state index is 12.9. The average Bonchev–Trinajstić information content (AvgIpc) is 2.64. The maximum Gasteiger partial charge on any atom is 0.226 e. The van der Waals surface area contributed by atoms with Crippen molar-refractivity contribution in [1.82, 2.24) is 10.2 Å². The van der Waals surface area contributed by atoms with Crippen LogP contribution in [0, 0.1) is 5.41 Å². The molecule has 0 saturated carbocycles. The number of likely N-dealkylation sites (tertiary alicyclic amines) is 1. The molecule has 2 aliphatic heterocycles. The lowest BCUT2D eigenvalue weighted by Gasteiger charge is -2.41. The number of aryl methyl sites for hydroxylation is 1. The molecule has 0 aromatic heterocycles. The summed E-state index contributed by atoms with van der Waals surface area (Å²) >= 11 is 0. The van der Waals surface area contributed by atoms with Crippen LogP contribution in [0.25, 0.3) is 0 Å². The van der Waals surface area contributed by atoms with Gasteiger partial charge in [-0.2, -0.15) is 0 Å². The predicted molar refractivity (Wildman–Crippen MR) is 114 cm³/mol. The molecule has 27 heavy (non-hydrogen) atoms. The number of nitrogens with two attached hydrogens (primary N) is 1. The van der Waals surface area contributed by atoms with Crippen molar-refractivity contribution in [3.63, 3.8) is 0 Å². The van der Waals surface area contributed by atoms with Crippen molar-refractivity contribution in [3.8, 4) is 5.75 Å². The van der Waals surface area contributed by atoms with E-state index in [-0.39, 0.29) is 36.1 Å². The van der Waals surface area contributed by atoms with Gasteiger partial charge in [-0.3, -0.25) is 4.79 Å². The maximum absolute atomic E-state index is 12.9. The van der Waals surface area contributed by atoms with E-state index in [2.05, 4.69) is 22.3 Å². The molecule has 0 unspecified atom stereocenters. The molecule has 2 aliphatic rings. The Kier molecular flexibility index (Phi) is 10.5. The van der Waals surface area contributed by atoms with Crippen LogP contribution < -0.4 is 15.8 Å². The lowest BCUT2D eigenvalue weighted by Crippen LogP contribution is -2.50. The number of para-hydroxylation sites is 1. The normalized spacial score (nSPS) is 20.6. The van der Waals surface area contributed by atoms with Crippen molar-refractivity contribution in [2.75, 3.05) is 39.3 Å². The zero-order valence-electron chi connectivity index (χ0n) is 16.0. The Balaban J connectivity index is 0.00000182. The van der Waals surface area contributed by atoms with E-state index in [9.17, 15) is 4.79 Å². The highest BCUT2D eigenvalue weighted by Crippen LogP contribution is 2.37. The number of ether oxygens (including phenoxy) is 1. The zero-order chi connectivity index (χ0) is 17.5. The summed E-state index contributed by atoms with van der Waals surface area (Å²) in [6.07, 6.45) is 6.07. The van der Waals surface area contributed by atoms with E-state index in [4.69, 9.17) is 10.5 Å². The van der Waals surface area contributed by atoms with E-state index < -0.39 is 0 Å². The summed E-state index contributed by atoms with van der Waals surface area (Å²) in [7, 11) is 0. The van der Waals surface area contributed by atoms with Crippen LogP contribution in [0.15, 0.2) is 24.3 Å². The molecule has 1 fully saturated rings. The summed E-state index contributed by atoms with van der Waals surface area (Å²) in [5.41, 5.74) is 6.75. The largest absolute Gasteiger partial charge is 0.491 e. The Bertz CT molecular complexity index is 578. The number of hydrogen-bond donors (Lipinski definition) is 2. The van der Waals surface area contributed by atoms with E-state index in [0.717, 1.165) is 63.9 Å². The third kappa shape index (κ3) is 6.24. The third-order valence-electron chi connectivity index (χ3n) is 5.71. The summed E-state index contributed by atoms with van der Waals surface area (Å²) in [4.78, 5) is 15.3. The van der Waals surface area contributed by atoms with Crippen molar-refractivity contribution in [3.05, 3.63) is 29.8 Å². The quantitative estimate of drug-likeness (QED) is 0.775. The minimum Gasteiger partial charge on any atom is -0.491 e. The van der Waals surface area contributed by atoms with Gasteiger partial charge in [-0.05, 0) is 56.8 Å². The number of benzene rings is 1. The second-order valence-corrected chi connectivity index (χ2v) is 7.33. The molecule has 1 spiro atoms. The fraction of sp³-hybridized carbons (Fsp3) is 0.650. The molecule has 1 aromatic carbocycles. The van der Waals surface area contributed by atoms with Crippen LogP contribution in [0.5, 0.6) is 5.75 Å². The van der Waals surface area contributed by atoms with Crippen LogP contribution in [0.4, 0.5) is 0 Å². The number of halogens is 2. The fourth-order valence-electron chi connectivity index (χ4n) is 4.12. The Labute approximate surface area is 175 Å². The van der Waals surface area contributed by atoms with Gasteiger partial charge in [-0.1, -0.05) is 24.6 Å². The second-order valence-electron chi connectivity index (χ2n) is 7.33. The standard InChI is InChI=1S/C20H31N3O2.2ClH/c21-11-15-23-13-9-20(10-14-23)8-4-3-6-17-5-1-2-7-18(17)25-16-12-22-19(20)24;;/h1-2,5,7H,3-4,6,8-16,21H2,(H,22,24);2*1H. The van der Waals surface area contributed by atoms with Crippen molar-refractivity contribution >= 4 is 30.7 Å². The Hall–Kier alpha value is -1.01. The number of carbonyl (C=O) groups is 1. The van der Waals surface area contributed by atoms with Gasteiger partial charge in [0.1, 0.15) is 12.4 Å². The third-order valence-corrected chi connectivity index (χ3v) is 5.71. The molecule has 1 amide bonds. The lowest BCUT2D eigenvalue weighted by atomic mass is 9.73. The van der Waals surface area contributed by atoms with Gasteiger partial charge in [-0.25, -0.2) is 0 Å². The van der Waals surface area contributed by atoms with Crippen molar-refractivity contribution < 1.29 is 9.53 Å². The number of hydrogen-bond acceptors (Lipinski definition) is 4. The molecule has 3 rings (SSSR count). The van der Waals surface area contributed by atoms with Gasteiger partial charge in [0.15, 0.2) is 0 Å². The smallest absolute Gasteiger partial charge is 0.226 e. The summed E-state index contributed by atoms with van der Waals surface area (Å²) < 4.78 is 5.90. The Morgan fingerprint density at radius 1 is 1.11 bits per heavy atom. The van der Waals surface area contributed by atoms with E-state index in [1.54, 1.807) is 0 Å². The van der Waals surface area contributed by atoms with E-state index in [0.29, 0.717) is 19.7 Å². The van der Waals surface area contributed by atoms with Crippen molar-refractivity contribution in [1.29, 1.82) is 0 Å². The van der Waals surface area contributed by atoms with Gasteiger partial charge in [0.25, 0.3) is 0 Å². The molecular weight excluding hydrogens is 385 g/mol. The van der Waals surface area contributed by atoms with Gasteiger partial charge in [0.05, 0.1) is 12.0 Å². The van der Waals surface area contributed by atoms with Crippen molar-refractivity contribution in [2.45, 2.75) is 38.5 Å². The van der Waals surface area contributed by atoms with E-state index in [1.807, 2.05) is 12.1 Å². The van der Waals surface area contributed by atoms with Gasteiger partial charge < -0.3 is 20.7 Å². The Morgan fingerprint density at radius 3 is 2.59 bits per heavy atom. The molecule has 7 heteroatoms. The number of rotatable bonds is 2. The Morgan fingerprint density at radius 2 is 1.85 bits per heavy atom. The summed E-state index contributed by atoms with van der Waals surface area (Å²) in [6, 6.07) is 8.26. The lowest BCUT2D eigenvalue weighted by molar-refractivity contribution is -0.134. The monoisotopic (exact) mass is 417 g/mol. The first kappa shape index (κ1) is 24.0. The summed E-state index contributed by atoms with van der Waals surface area (Å²) in [5.74, 6) is 1.18. The SMILES string of the molecule is Cl.Cl.NCCN1CCC2(CCCCc3ccccc3OCCNC2=O)CC1. The van der Waals surface area contributed by atoms with E-state index >= 15 is 0 Å². The minimum absolute atomic E-state index is 0. The second kappa shape index (κ2) is 11.7. The number of amides is 1. The first-order valence-electron chi connectivity index (χ1n) is 9.65. The van der Waals surface area contributed by atoms with Gasteiger partial charge in [0.2, 0.25) is 5.91 Å². The molecule has 5 nitrogen and oxygen atoms in total. The molecule has 3 N–H and O–H groups in total. The molecule has 0 atom stereocenters. The van der Waals surface area contributed by atoms with Gasteiger partial charge >= 0.3 is 0 Å². The molecule has 154 valence electrons. The average molecular weight is 418 g/mol. The predicted octanol–water partition coefficient (Wildman–Crippen LogP) is 2.79. The molecule has 0 bridgehead atoms. The fourth-order valence-corrected chi connectivity index (χ4v) is 4.12. The summed E-state index contributed by atoms with van der Waals surface area (Å²) in [6.45, 7) is 4.67. The van der Waals surface area contributed by atoms with Gasteiger partial charge in [0, 0.05) is 13.1 Å². The van der Waals surface area contributed by atoms with Crippen LogP contribution >= 0.6 is 24.8 Å². The minimum atomic E-state index is -0.205. The highest BCUT2D eigenvalue weighted by atomic mass is 35.5. The number of nitrogens with zero attached hydrogens (tertiary/aromatic N) is 1. The first-order valence-corrected chi connectivity index (χ1v) is 9.65. The van der Waals surface area contributed by atoms with Crippen LogP contribution in [0.2, 0.25) is 0 Å². The molecule has 1 aromatic rings. The van der Waals surface area contributed by atoms with Crippen LogP contribution in [-0.4, -0.2) is 50.1 Å². The number of nitrogens with one attached hydrogen (secondary N) is 1. The molecule has 2 heterocycles. The molecule has 0 aliphatic carbocycles. The number of carbonyl (C=O) groups excluding carboxylic acids is 1. The summed E-state index contributed by atoms with van der Waals surface area (Å²) in [5, 5.41) is 3.13. The molecular formula is C20H33Cl2N3O2.